The molecule has 0 N–H and O–H groups in total. The van der Waals surface area contributed by atoms with E-state index in [1.165, 1.54) is 18.3 Å². The van der Waals surface area contributed by atoms with E-state index in [1.54, 1.807) is 54.6 Å². The Morgan fingerprint density at radius 2 is 1.73 bits per heavy atom. The summed E-state index contributed by atoms with van der Waals surface area (Å²) < 4.78 is 47.9. The fraction of sp³-hybridized carbons (Fsp3) is 0.0690. The molecule has 0 unspecified atom stereocenters. The molecule has 0 aliphatic rings. The molecule has 0 aliphatic carbocycles. The summed E-state index contributed by atoms with van der Waals surface area (Å²) in [6.07, 6.45) is -3.27. The lowest BCUT2D eigenvalue weighted by Crippen LogP contribution is -2.20. The fourth-order valence-electron chi connectivity index (χ4n) is 3.99. The largest absolute Gasteiger partial charge is 0.487 e. The van der Waals surface area contributed by atoms with Gasteiger partial charge in [0.25, 0.3) is 5.56 Å². The smallest absolute Gasteiger partial charge is 0.416 e. The van der Waals surface area contributed by atoms with Gasteiger partial charge in [-0.15, -0.1) is 0 Å². The molecule has 0 aliphatic heterocycles. The predicted molar refractivity (Wildman–Crippen MR) is 159 cm³/mol. The highest BCUT2D eigenvalue weighted by molar-refractivity contribution is 9.10. The molecule has 0 spiro atoms. The van der Waals surface area contributed by atoms with E-state index in [9.17, 15) is 18.0 Å². The maximum Gasteiger partial charge on any atom is 0.416 e. The minimum Gasteiger partial charge on any atom is -0.487 e. The normalized spacial score (nSPS) is 11.9. The summed E-state index contributed by atoms with van der Waals surface area (Å²) in [5, 5.41) is 5.83. The second-order valence-corrected chi connectivity index (χ2v) is 10.9. The molecule has 5 rings (SSSR count). The van der Waals surface area contributed by atoms with E-state index in [0.29, 0.717) is 41.9 Å². The minimum absolute atomic E-state index is 0.0564. The van der Waals surface area contributed by atoms with Crippen molar-refractivity contribution in [3.63, 3.8) is 0 Å². The summed E-state index contributed by atoms with van der Waals surface area (Å²) in [5.74, 6) is 0.263. The van der Waals surface area contributed by atoms with Gasteiger partial charge in [0.15, 0.2) is 5.82 Å². The third-order valence-corrected chi connectivity index (χ3v) is 7.33. The van der Waals surface area contributed by atoms with Crippen molar-refractivity contribution in [2.75, 3.05) is 0 Å². The fourth-order valence-corrected chi connectivity index (χ4v) is 5.40. The first-order valence-corrected chi connectivity index (χ1v) is 13.7. The van der Waals surface area contributed by atoms with Gasteiger partial charge in [-0.2, -0.15) is 22.9 Å². The van der Waals surface area contributed by atoms with Crippen LogP contribution in [0.1, 0.15) is 16.7 Å². The van der Waals surface area contributed by atoms with Crippen molar-refractivity contribution in [2.24, 2.45) is 5.10 Å². The van der Waals surface area contributed by atoms with Gasteiger partial charge in [-0.05, 0) is 64.5 Å². The van der Waals surface area contributed by atoms with E-state index in [2.05, 4.69) is 26.0 Å². The number of para-hydroxylation sites is 1. The molecule has 1 aromatic heterocycles. The van der Waals surface area contributed by atoms with Crippen molar-refractivity contribution in [2.45, 2.75) is 12.8 Å². The van der Waals surface area contributed by atoms with E-state index in [0.717, 1.165) is 16.8 Å². The van der Waals surface area contributed by atoms with Gasteiger partial charge in [-0.25, -0.2) is 4.98 Å². The van der Waals surface area contributed by atoms with Crippen molar-refractivity contribution < 1.29 is 17.9 Å². The van der Waals surface area contributed by atoms with Crippen LogP contribution >= 0.6 is 50.7 Å². The Kier molecular flexibility index (Phi) is 8.42. The van der Waals surface area contributed by atoms with Crippen LogP contribution in [0.25, 0.3) is 22.3 Å². The van der Waals surface area contributed by atoms with Crippen LogP contribution in [0.2, 0.25) is 15.1 Å². The molecule has 0 amide bonds. The van der Waals surface area contributed by atoms with Crippen LogP contribution < -0.4 is 10.3 Å². The Bertz CT molecular complexity index is 1880. The summed E-state index contributed by atoms with van der Waals surface area (Å²) in [5.41, 5.74) is -0.0437. The quantitative estimate of drug-likeness (QED) is 0.168. The number of alkyl halides is 3. The first kappa shape index (κ1) is 29.1. The van der Waals surface area contributed by atoms with Gasteiger partial charge in [0, 0.05) is 31.8 Å². The Labute approximate surface area is 254 Å². The van der Waals surface area contributed by atoms with Gasteiger partial charge in [-0.1, -0.05) is 65.1 Å². The first-order valence-electron chi connectivity index (χ1n) is 11.8. The van der Waals surface area contributed by atoms with Gasteiger partial charge in [-0.3, -0.25) is 4.79 Å². The lowest BCUT2D eigenvalue weighted by molar-refractivity contribution is -0.137. The van der Waals surface area contributed by atoms with Crippen molar-refractivity contribution >= 4 is 67.9 Å². The zero-order valence-corrected chi connectivity index (χ0v) is 24.4. The van der Waals surface area contributed by atoms with Crippen molar-refractivity contribution in [3.05, 3.63) is 125 Å². The molecule has 0 fully saturated rings. The first-order chi connectivity index (χ1) is 19.5. The molecule has 0 saturated heterocycles. The topological polar surface area (TPSA) is 56.5 Å². The number of aromatic nitrogens is 2. The van der Waals surface area contributed by atoms with Crippen molar-refractivity contribution in [1.82, 2.24) is 9.66 Å². The summed E-state index contributed by atoms with van der Waals surface area (Å²) in [6, 6.07) is 19.2. The van der Waals surface area contributed by atoms with Crippen LogP contribution in [0.3, 0.4) is 0 Å². The van der Waals surface area contributed by atoms with Crippen LogP contribution in [-0.2, 0) is 12.8 Å². The molecule has 5 aromatic rings. The van der Waals surface area contributed by atoms with Crippen LogP contribution in [0.5, 0.6) is 5.75 Å². The number of hydrogen-bond donors (Lipinski definition) is 0. The average molecular weight is 682 g/mol. The molecular formula is C29H16BrCl3F3N3O2. The molecular weight excluding hydrogens is 666 g/mol. The molecule has 208 valence electrons. The van der Waals surface area contributed by atoms with Crippen LogP contribution in [0.4, 0.5) is 13.2 Å². The van der Waals surface area contributed by atoms with Gasteiger partial charge in [0.2, 0.25) is 0 Å². The highest BCUT2D eigenvalue weighted by Gasteiger charge is 2.31. The van der Waals surface area contributed by atoms with Gasteiger partial charge < -0.3 is 4.74 Å². The maximum absolute atomic E-state index is 13.5. The zero-order chi connectivity index (χ0) is 29.3. The summed E-state index contributed by atoms with van der Waals surface area (Å²) >= 11 is 22.0. The molecule has 12 heteroatoms. The minimum atomic E-state index is -4.59. The summed E-state index contributed by atoms with van der Waals surface area (Å²) in [4.78, 5) is 18.0. The number of rotatable bonds is 6. The van der Waals surface area contributed by atoms with E-state index in [4.69, 9.17) is 39.5 Å². The Morgan fingerprint density at radius 1 is 0.951 bits per heavy atom. The van der Waals surface area contributed by atoms with Crippen LogP contribution in [0, 0.1) is 0 Å². The predicted octanol–water partition coefficient (Wildman–Crippen LogP) is 9.27. The number of halogens is 7. The molecule has 41 heavy (non-hydrogen) atoms. The number of nitrogens with zero attached hydrogens (tertiary/aromatic N) is 3. The van der Waals surface area contributed by atoms with Crippen LogP contribution in [0.15, 0.2) is 93.2 Å². The zero-order valence-electron chi connectivity index (χ0n) is 20.6. The third-order valence-electron chi connectivity index (χ3n) is 5.94. The SMILES string of the molecule is O=c1c2ccccc2nc(-c2cccc(C(F)(F)F)c2)n1N=Cc1cc(Cl)cc(Br)c1OCc1ccc(Cl)cc1Cl. The van der Waals surface area contributed by atoms with E-state index in [1.807, 2.05) is 0 Å². The monoisotopic (exact) mass is 679 g/mol. The van der Waals surface area contributed by atoms with Crippen molar-refractivity contribution in [3.8, 4) is 17.1 Å². The second-order valence-electron chi connectivity index (χ2n) is 8.72. The average Bonchev–Trinajstić information content (AvgIpc) is 2.92. The molecule has 0 atom stereocenters. The molecule has 5 nitrogen and oxygen atoms in total. The Balaban J connectivity index is 1.62. The summed E-state index contributed by atoms with van der Waals surface area (Å²) in [7, 11) is 0. The highest BCUT2D eigenvalue weighted by Crippen LogP contribution is 2.34. The number of fused-ring (bicyclic) bond motifs is 1. The molecule has 0 radical (unpaired) electrons. The molecule has 0 saturated carbocycles. The van der Waals surface area contributed by atoms with E-state index in [-0.39, 0.29) is 23.4 Å². The highest BCUT2D eigenvalue weighted by atomic mass is 79.9. The van der Waals surface area contributed by atoms with E-state index >= 15 is 0 Å². The lowest BCUT2D eigenvalue weighted by Gasteiger charge is -2.14. The lowest BCUT2D eigenvalue weighted by atomic mass is 10.1. The Hall–Kier alpha value is -3.37. The maximum atomic E-state index is 13.5. The van der Waals surface area contributed by atoms with Gasteiger partial charge >= 0.3 is 6.18 Å². The van der Waals surface area contributed by atoms with Gasteiger partial charge in [0.05, 0.1) is 27.2 Å². The second kappa shape index (κ2) is 11.9. The molecule has 0 bridgehead atoms. The summed E-state index contributed by atoms with van der Waals surface area (Å²) in [6.45, 7) is 0.0735. The third kappa shape index (κ3) is 6.43. The van der Waals surface area contributed by atoms with Crippen molar-refractivity contribution in [1.29, 1.82) is 0 Å². The number of hydrogen-bond acceptors (Lipinski definition) is 4. The Morgan fingerprint density at radius 3 is 2.49 bits per heavy atom. The standard InChI is InChI=1S/C29H16BrCl3F3N3O2/c30-23-12-21(32)11-18(26(23)41-15-17-8-9-20(31)13-24(17)33)14-37-39-27(16-4-3-5-19(10-16)29(34,35)36)38-25-7-2-1-6-22(25)28(39)40/h1-14H,15H2. The molecule has 1 heterocycles. The molecule has 4 aromatic carbocycles. The number of benzene rings is 4. The van der Waals surface area contributed by atoms with Gasteiger partial charge in [0.1, 0.15) is 12.4 Å². The van der Waals surface area contributed by atoms with Crippen LogP contribution in [-0.4, -0.2) is 15.9 Å². The number of ether oxygens (including phenoxy) is 1. The van der Waals surface area contributed by atoms with E-state index < -0.39 is 17.3 Å².